The van der Waals surface area contributed by atoms with Crippen molar-refractivity contribution < 1.29 is 19.5 Å². The van der Waals surface area contributed by atoms with Crippen LogP contribution in [0.3, 0.4) is 0 Å². The van der Waals surface area contributed by atoms with E-state index in [4.69, 9.17) is 5.11 Å². The van der Waals surface area contributed by atoms with Crippen molar-refractivity contribution in [2.45, 2.75) is 32.2 Å². The van der Waals surface area contributed by atoms with Crippen molar-refractivity contribution in [1.82, 2.24) is 14.8 Å². The number of aliphatic carboxylic acids is 1. The van der Waals surface area contributed by atoms with Crippen molar-refractivity contribution in [1.29, 1.82) is 0 Å². The predicted molar refractivity (Wildman–Crippen MR) is 97.1 cm³/mol. The molecule has 1 atom stereocenters. The van der Waals surface area contributed by atoms with Crippen LogP contribution in [0.4, 0.5) is 5.82 Å². The number of aromatic nitrogens is 1. The summed E-state index contributed by atoms with van der Waals surface area (Å²) >= 11 is 0. The van der Waals surface area contributed by atoms with Crippen molar-refractivity contribution in [3.05, 3.63) is 23.9 Å². The van der Waals surface area contributed by atoms with Crippen molar-refractivity contribution in [2.24, 2.45) is 0 Å². The average molecular weight is 362 g/mol. The maximum Gasteiger partial charge on any atom is 0.323 e. The number of pyridine rings is 1. The fraction of sp³-hybridized carbons (Fsp3) is 0.556. The van der Waals surface area contributed by atoms with Gasteiger partial charge in [-0.25, -0.2) is 4.98 Å². The van der Waals surface area contributed by atoms with E-state index in [1.54, 1.807) is 23.2 Å². The first-order chi connectivity index (χ1) is 12.3. The molecule has 1 fully saturated rings. The second-order valence-corrected chi connectivity index (χ2v) is 6.71. The first-order valence-electron chi connectivity index (χ1n) is 8.71. The standard InChI is InChI=1S/C18H26N4O4/c1-13(23)22(12-17(24)25)15-5-4-9-21(10-7-15)18(26)14-6-8-19-16(11-14)20(2)3/h6,8,11,15H,4-5,7,9-10,12H2,1-3H3,(H,24,25). The van der Waals surface area contributed by atoms with E-state index in [0.29, 0.717) is 37.3 Å². The number of anilines is 1. The van der Waals surface area contributed by atoms with Crippen molar-refractivity contribution in [3.8, 4) is 0 Å². The number of likely N-dealkylation sites (tertiary alicyclic amines) is 1. The molecule has 2 heterocycles. The number of nitrogens with zero attached hydrogens (tertiary/aromatic N) is 4. The molecule has 26 heavy (non-hydrogen) atoms. The topological polar surface area (TPSA) is 94.0 Å². The van der Waals surface area contributed by atoms with Crippen molar-refractivity contribution >= 4 is 23.6 Å². The van der Waals surface area contributed by atoms with Crippen LogP contribution in [-0.2, 0) is 9.59 Å². The lowest BCUT2D eigenvalue weighted by Crippen LogP contribution is -2.43. The molecule has 0 bridgehead atoms. The Kier molecular flexibility index (Phi) is 6.54. The first kappa shape index (κ1) is 19.7. The van der Waals surface area contributed by atoms with Gasteiger partial charge in [-0.05, 0) is 31.4 Å². The number of hydrogen-bond donors (Lipinski definition) is 1. The number of carbonyl (C=O) groups excluding carboxylic acids is 2. The minimum atomic E-state index is -1.02. The fourth-order valence-corrected chi connectivity index (χ4v) is 3.22. The third-order valence-electron chi connectivity index (χ3n) is 4.59. The molecule has 1 N–H and O–H groups in total. The molecule has 1 aromatic heterocycles. The van der Waals surface area contributed by atoms with Gasteiger partial charge in [-0.1, -0.05) is 0 Å². The van der Waals surface area contributed by atoms with Gasteiger partial charge in [0.15, 0.2) is 0 Å². The summed E-state index contributed by atoms with van der Waals surface area (Å²) in [5, 5.41) is 9.03. The summed E-state index contributed by atoms with van der Waals surface area (Å²) in [6.07, 6.45) is 3.61. The number of carbonyl (C=O) groups is 3. The minimum absolute atomic E-state index is 0.0660. The van der Waals surface area contributed by atoms with Crippen LogP contribution in [-0.4, -0.2) is 77.4 Å². The number of carboxylic acid groups (broad SMARTS) is 1. The quantitative estimate of drug-likeness (QED) is 0.842. The van der Waals surface area contributed by atoms with Crippen molar-refractivity contribution in [3.63, 3.8) is 0 Å². The Morgan fingerprint density at radius 3 is 2.62 bits per heavy atom. The molecule has 1 aromatic rings. The van der Waals surface area contributed by atoms with E-state index < -0.39 is 5.97 Å². The molecular formula is C18H26N4O4. The second kappa shape index (κ2) is 8.64. The highest BCUT2D eigenvalue weighted by molar-refractivity contribution is 5.94. The van der Waals surface area contributed by atoms with Gasteiger partial charge in [0.2, 0.25) is 5.91 Å². The highest BCUT2D eigenvalue weighted by Crippen LogP contribution is 2.20. The Hall–Kier alpha value is -2.64. The molecule has 1 aliphatic heterocycles. The van der Waals surface area contributed by atoms with Crippen LogP contribution in [0.25, 0.3) is 0 Å². The second-order valence-electron chi connectivity index (χ2n) is 6.71. The molecule has 0 spiro atoms. The van der Waals surface area contributed by atoms with Gasteiger partial charge >= 0.3 is 5.97 Å². The summed E-state index contributed by atoms with van der Waals surface area (Å²) in [7, 11) is 3.73. The van der Waals surface area contributed by atoms with Crippen LogP contribution in [0.5, 0.6) is 0 Å². The monoisotopic (exact) mass is 362 g/mol. The van der Waals surface area contributed by atoms with E-state index in [0.717, 1.165) is 6.42 Å². The first-order valence-corrected chi connectivity index (χ1v) is 8.71. The van der Waals surface area contributed by atoms with Crippen LogP contribution in [0.1, 0.15) is 36.5 Å². The lowest BCUT2D eigenvalue weighted by Gasteiger charge is -2.29. The van der Waals surface area contributed by atoms with Gasteiger partial charge < -0.3 is 19.8 Å². The lowest BCUT2D eigenvalue weighted by atomic mass is 10.1. The molecule has 2 rings (SSSR count). The lowest BCUT2D eigenvalue weighted by molar-refractivity contribution is -0.145. The Morgan fingerprint density at radius 2 is 2.00 bits per heavy atom. The molecule has 1 saturated heterocycles. The molecule has 142 valence electrons. The zero-order valence-electron chi connectivity index (χ0n) is 15.5. The van der Waals surface area contributed by atoms with Gasteiger partial charge in [-0.2, -0.15) is 0 Å². The van der Waals surface area contributed by atoms with Crippen molar-refractivity contribution in [2.75, 3.05) is 38.6 Å². The zero-order chi connectivity index (χ0) is 19.3. The third kappa shape index (κ3) is 4.93. The van der Waals surface area contributed by atoms with E-state index in [2.05, 4.69) is 4.98 Å². The van der Waals surface area contributed by atoms with E-state index in [9.17, 15) is 14.4 Å². The Balaban J connectivity index is 2.07. The molecule has 0 radical (unpaired) electrons. The zero-order valence-corrected chi connectivity index (χ0v) is 15.5. The summed E-state index contributed by atoms with van der Waals surface area (Å²) in [5.41, 5.74) is 0.580. The summed E-state index contributed by atoms with van der Waals surface area (Å²) in [6.45, 7) is 2.17. The van der Waals surface area contributed by atoms with Gasteiger partial charge in [0.05, 0.1) is 0 Å². The molecule has 2 amide bonds. The number of hydrogen-bond acceptors (Lipinski definition) is 5. The van der Waals surface area contributed by atoms with Crippen LogP contribution in [0.15, 0.2) is 18.3 Å². The average Bonchev–Trinajstić information content (AvgIpc) is 2.84. The SMILES string of the molecule is CC(=O)N(CC(=O)O)C1CCCN(C(=O)c2ccnc(N(C)C)c2)CC1. The van der Waals surface area contributed by atoms with E-state index in [1.165, 1.54) is 11.8 Å². The molecule has 0 saturated carbocycles. The molecule has 1 aliphatic rings. The van der Waals surface area contributed by atoms with E-state index >= 15 is 0 Å². The maximum absolute atomic E-state index is 12.8. The summed E-state index contributed by atoms with van der Waals surface area (Å²) in [5.74, 6) is -0.621. The minimum Gasteiger partial charge on any atom is -0.480 e. The Bertz CT molecular complexity index is 677. The normalized spacial score (nSPS) is 17.3. The highest BCUT2D eigenvalue weighted by Gasteiger charge is 2.28. The molecule has 8 heteroatoms. The van der Waals surface area contributed by atoms with Gasteiger partial charge in [0.25, 0.3) is 5.91 Å². The predicted octanol–water partition coefficient (Wildman–Crippen LogP) is 1.08. The van der Waals surface area contributed by atoms with E-state index in [1.807, 2.05) is 19.0 Å². The third-order valence-corrected chi connectivity index (χ3v) is 4.59. The van der Waals surface area contributed by atoms with Crippen LogP contribution >= 0.6 is 0 Å². The highest BCUT2D eigenvalue weighted by atomic mass is 16.4. The van der Waals surface area contributed by atoms with Crippen LogP contribution < -0.4 is 4.90 Å². The molecule has 1 unspecified atom stereocenters. The molecular weight excluding hydrogens is 336 g/mol. The smallest absolute Gasteiger partial charge is 0.323 e. The van der Waals surface area contributed by atoms with Gasteiger partial charge in [-0.3, -0.25) is 14.4 Å². The number of carboxylic acids is 1. The fourth-order valence-electron chi connectivity index (χ4n) is 3.22. The summed E-state index contributed by atoms with van der Waals surface area (Å²) < 4.78 is 0. The van der Waals surface area contributed by atoms with Crippen LogP contribution in [0, 0.1) is 0 Å². The maximum atomic E-state index is 12.8. The Morgan fingerprint density at radius 1 is 1.27 bits per heavy atom. The van der Waals surface area contributed by atoms with Gasteiger partial charge in [-0.15, -0.1) is 0 Å². The van der Waals surface area contributed by atoms with E-state index in [-0.39, 0.29) is 24.4 Å². The molecule has 0 aliphatic carbocycles. The summed E-state index contributed by atoms with van der Waals surface area (Å²) in [6, 6.07) is 3.30. The molecule has 0 aromatic carbocycles. The molecule has 8 nitrogen and oxygen atoms in total. The number of rotatable bonds is 5. The Labute approximate surface area is 153 Å². The number of amides is 2. The summed E-state index contributed by atoms with van der Waals surface area (Å²) in [4.78, 5) is 44.9. The van der Waals surface area contributed by atoms with Gasteiger partial charge in [0.1, 0.15) is 12.4 Å². The van der Waals surface area contributed by atoms with Gasteiger partial charge in [0, 0.05) is 51.9 Å². The van der Waals surface area contributed by atoms with Crippen LogP contribution in [0.2, 0.25) is 0 Å². The largest absolute Gasteiger partial charge is 0.480 e.